The van der Waals surface area contributed by atoms with Gasteiger partial charge >= 0.3 is 0 Å². The second kappa shape index (κ2) is 7.18. The lowest BCUT2D eigenvalue weighted by molar-refractivity contribution is 0.102. The molecule has 0 spiro atoms. The smallest absolute Gasteiger partial charge is 0.255 e. The third kappa shape index (κ3) is 3.94. The van der Waals surface area contributed by atoms with E-state index in [4.69, 9.17) is 10.5 Å². The average Bonchev–Trinajstić information content (AvgIpc) is 2.56. The van der Waals surface area contributed by atoms with Crippen LogP contribution in [0.1, 0.15) is 10.4 Å². The lowest BCUT2D eigenvalue weighted by Gasteiger charge is -2.30. The molecule has 3 rings (SSSR count). The topological polar surface area (TPSA) is 67.6 Å². The number of halogens is 1. The number of morpholine rings is 1. The molecule has 1 aliphatic rings. The first kappa shape index (κ1) is 16.1. The highest BCUT2D eigenvalue weighted by Crippen LogP contribution is 2.27. The molecule has 2 aromatic carbocycles. The van der Waals surface area contributed by atoms with E-state index in [0.717, 1.165) is 22.3 Å². The number of rotatable bonds is 3. The lowest BCUT2D eigenvalue weighted by Crippen LogP contribution is -2.36. The van der Waals surface area contributed by atoms with Gasteiger partial charge in [-0.1, -0.05) is 6.07 Å². The van der Waals surface area contributed by atoms with Crippen molar-refractivity contribution in [2.45, 2.75) is 0 Å². The Balaban J connectivity index is 1.73. The Morgan fingerprint density at radius 1 is 1.17 bits per heavy atom. The molecule has 23 heavy (non-hydrogen) atoms. The second-order valence-corrected chi connectivity index (χ2v) is 6.58. The van der Waals surface area contributed by atoms with E-state index >= 15 is 0 Å². The fourth-order valence-electron chi connectivity index (χ4n) is 2.56. The van der Waals surface area contributed by atoms with Gasteiger partial charge in [0.05, 0.1) is 24.6 Å². The first-order chi connectivity index (χ1) is 11.1. The van der Waals surface area contributed by atoms with E-state index in [0.29, 0.717) is 30.2 Å². The molecule has 0 saturated carbocycles. The molecule has 5 nitrogen and oxygen atoms in total. The number of anilines is 3. The van der Waals surface area contributed by atoms with Crippen molar-refractivity contribution in [2.75, 3.05) is 42.3 Å². The van der Waals surface area contributed by atoms with E-state index in [1.54, 1.807) is 12.1 Å². The van der Waals surface area contributed by atoms with Gasteiger partial charge in [0.2, 0.25) is 0 Å². The largest absolute Gasteiger partial charge is 0.397 e. The number of carbonyl (C=O) groups excluding carboxylic acids is 1. The molecule has 0 atom stereocenters. The SMILES string of the molecule is Nc1cc(NC(=O)c2cccc(I)c2)ccc1N1CCOCC1. The van der Waals surface area contributed by atoms with Gasteiger partial charge in [-0.05, 0) is 59.0 Å². The van der Waals surface area contributed by atoms with E-state index < -0.39 is 0 Å². The Morgan fingerprint density at radius 3 is 2.65 bits per heavy atom. The van der Waals surface area contributed by atoms with E-state index in [1.165, 1.54) is 0 Å². The van der Waals surface area contributed by atoms with Crippen molar-refractivity contribution in [3.8, 4) is 0 Å². The number of ether oxygens (including phenoxy) is 1. The molecule has 1 amide bonds. The van der Waals surface area contributed by atoms with E-state index in [2.05, 4.69) is 32.8 Å². The van der Waals surface area contributed by atoms with Crippen LogP contribution in [0.4, 0.5) is 17.1 Å². The molecule has 0 aliphatic carbocycles. The number of nitrogens with one attached hydrogen (secondary N) is 1. The maximum Gasteiger partial charge on any atom is 0.255 e. The van der Waals surface area contributed by atoms with Crippen molar-refractivity contribution < 1.29 is 9.53 Å². The summed E-state index contributed by atoms with van der Waals surface area (Å²) in [5.74, 6) is -0.137. The molecule has 3 N–H and O–H groups in total. The number of amides is 1. The van der Waals surface area contributed by atoms with Crippen molar-refractivity contribution in [2.24, 2.45) is 0 Å². The summed E-state index contributed by atoms with van der Waals surface area (Å²) >= 11 is 2.19. The highest BCUT2D eigenvalue weighted by molar-refractivity contribution is 14.1. The van der Waals surface area contributed by atoms with Crippen LogP contribution < -0.4 is 16.0 Å². The Labute approximate surface area is 148 Å². The predicted octanol–water partition coefficient (Wildman–Crippen LogP) is 2.96. The molecule has 2 aromatic rings. The van der Waals surface area contributed by atoms with Gasteiger partial charge in [0, 0.05) is 27.9 Å². The minimum absolute atomic E-state index is 0.137. The van der Waals surface area contributed by atoms with Gasteiger partial charge in [-0.2, -0.15) is 0 Å². The van der Waals surface area contributed by atoms with Gasteiger partial charge in [0.1, 0.15) is 0 Å². The number of nitrogens with two attached hydrogens (primary N) is 1. The number of nitrogens with zero attached hydrogens (tertiary/aromatic N) is 1. The van der Waals surface area contributed by atoms with Gasteiger partial charge < -0.3 is 20.7 Å². The number of hydrogen-bond donors (Lipinski definition) is 2. The molecule has 1 fully saturated rings. The van der Waals surface area contributed by atoms with Crippen molar-refractivity contribution in [1.29, 1.82) is 0 Å². The number of benzene rings is 2. The molecule has 0 unspecified atom stereocenters. The summed E-state index contributed by atoms with van der Waals surface area (Å²) in [6, 6.07) is 13.1. The normalized spacial score (nSPS) is 14.6. The number of nitrogen functional groups attached to an aromatic ring is 1. The molecule has 120 valence electrons. The van der Waals surface area contributed by atoms with Crippen LogP contribution in [0.2, 0.25) is 0 Å². The highest BCUT2D eigenvalue weighted by Gasteiger charge is 2.14. The highest BCUT2D eigenvalue weighted by atomic mass is 127. The maximum absolute atomic E-state index is 12.3. The molecular formula is C17H18IN3O2. The second-order valence-electron chi connectivity index (χ2n) is 5.34. The Hall–Kier alpha value is -1.80. The van der Waals surface area contributed by atoms with Crippen molar-refractivity contribution >= 4 is 45.6 Å². The van der Waals surface area contributed by atoms with E-state index in [-0.39, 0.29) is 5.91 Å². The summed E-state index contributed by atoms with van der Waals surface area (Å²) in [6.07, 6.45) is 0. The first-order valence-corrected chi connectivity index (χ1v) is 8.50. The standard InChI is InChI=1S/C17H18IN3O2/c18-13-3-1-2-12(10-13)17(22)20-14-4-5-16(15(19)11-14)21-6-8-23-9-7-21/h1-5,10-11H,6-9,19H2,(H,20,22). The van der Waals surface area contributed by atoms with Crippen LogP contribution in [-0.4, -0.2) is 32.2 Å². The molecule has 0 bridgehead atoms. The van der Waals surface area contributed by atoms with Crippen molar-refractivity contribution in [1.82, 2.24) is 0 Å². The third-order valence-electron chi connectivity index (χ3n) is 3.72. The van der Waals surface area contributed by atoms with Crippen LogP contribution in [-0.2, 0) is 4.74 Å². The fourth-order valence-corrected chi connectivity index (χ4v) is 3.10. The van der Waals surface area contributed by atoms with Crippen molar-refractivity contribution in [3.05, 3.63) is 51.6 Å². The number of hydrogen-bond acceptors (Lipinski definition) is 4. The molecule has 0 aromatic heterocycles. The maximum atomic E-state index is 12.3. The number of carbonyl (C=O) groups is 1. The lowest BCUT2D eigenvalue weighted by atomic mass is 10.2. The summed E-state index contributed by atoms with van der Waals surface area (Å²) in [5.41, 5.74) is 9.13. The minimum atomic E-state index is -0.137. The first-order valence-electron chi connectivity index (χ1n) is 7.42. The van der Waals surface area contributed by atoms with Gasteiger partial charge in [-0.25, -0.2) is 0 Å². The Kier molecular flexibility index (Phi) is 5.02. The molecular weight excluding hydrogens is 405 g/mol. The van der Waals surface area contributed by atoms with Crippen molar-refractivity contribution in [3.63, 3.8) is 0 Å². The minimum Gasteiger partial charge on any atom is -0.397 e. The molecule has 6 heteroatoms. The van der Waals surface area contributed by atoms with E-state index in [9.17, 15) is 4.79 Å². The Morgan fingerprint density at radius 2 is 1.96 bits per heavy atom. The van der Waals surface area contributed by atoms with Crippen LogP contribution in [0.15, 0.2) is 42.5 Å². The van der Waals surface area contributed by atoms with Crippen LogP contribution in [0.5, 0.6) is 0 Å². The molecule has 1 aliphatic heterocycles. The average molecular weight is 423 g/mol. The van der Waals surface area contributed by atoms with Crippen LogP contribution in [0.3, 0.4) is 0 Å². The molecule has 1 heterocycles. The van der Waals surface area contributed by atoms with Gasteiger partial charge in [0.25, 0.3) is 5.91 Å². The van der Waals surface area contributed by atoms with Crippen LogP contribution in [0.25, 0.3) is 0 Å². The predicted molar refractivity (Wildman–Crippen MR) is 101 cm³/mol. The summed E-state index contributed by atoms with van der Waals surface area (Å²) in [7, 11) is 0. The summed E-state index contributed by atoms with van der Waals surface area (Å²) < 4.78 is 6.38. The van der Waals surface area contributed by atoms with Gasteiger partial charge in [-0.3, -0.25) is 4.79 Å². The summed E-state index contributed by atoms with van der Waals surface area (Å²) in [6.45, 7) is 3.09. The zero-order valence-corrected chi connectivity index (χ0v) is 14.7. The van der Waals surface area contributed by atoms with Crippen LogP contribution >= 0.6 is 22.6 Å². The summed E-state index contributed by atoms with van der Waals surface area (Å²) in [4.78, 5) is 14.5. The Bertz CT molecular complexity index is 715. The summed E-state index contributed by atoms with van der Waals surface area (Å²) in [5, 5.41) is 2.89. The van der Waals surface area contributed by atoms with Crippen LogP contribution in [0, 0.1) is 3.57 Å². The molecule has 1 saturated heterocycles. The zero-order chi connectivity index (χ0) is 16.2. The van der Waals surface area contributed by atoms with Gasteiger partial charge in [0.15, 0.2) is 0 Å². The third-order valence-corrected chi connectivity index (χ3v) is 4.39. The van der Waals surface area contributed by atoms with E-state index in [1.807, 2.05) is 30.3 Å². The molecule has 0 radical (unpaired) electrons. The quantitative estimate of drug-likeness (QED) is 0.589. The zero-order valence-electron chi connectivity index (χ0n) is 12.6. The monoisotopic (exact) mass is 423 g/mol. The van der Waals surface area contributed by atoms with Gasteiger partial charge in [-0.15, -0.1) is 0 Å². The fraction of sp³-hybridized carbons (Fsp3) is 0.235.